The Morgan fingerprint density at radius 2 is 1.77 bits per heavy atom. The summed E-state index contributed by atoms with van der Waals surface area (Å²) in [4.78, 5) is 17.7. The second-order valence-electron chi connectivity index (χ2n) is 6.90. The molecule has 5 nitrogen and oxygen atoms in total. The highest BCUT2D eigenvalue weighted by Crippen LogP contribution is 2.31. The van der Waals surface area contributed by atoms with Crippen molar-refractivity contribution in [2.75, 3.05) is 10.8 Å². The molecule has 0 fully saturated rings. The minimum atomic E-state index is -3.87. The van der Waals surface area contributed by atoms with Gasteiger partial charge in [0.25, 0.3) is 10.0 Å². The minimum absolute atomic E-state index is 0.170. The zero-order valence-electron chi connectivity index (χ0n) is 16.9. The second kappa shape index (κ2) is 9.41. The fourth-order valence-electron chi connectivity index (χ4n) is 3.11. The molecule has 2 aromatic carbocycles. The molecule has 3 rings (SSSR count). The van der Waals surface area contributed by atoms with E-state index in [0.29, 0.717) is 22.8 Å². The second-order valence-corrected chi connectivity index (χ2v) is 9.20. The molecule has 0 atom stereocenters. The van der Waals surface area contributed by atoms with E-state index in [9.17, 15) is 13.2 Å². The number of nitrogens with zero attached hydrogens (tertiary/aromatic N) is 2. The van der Waals surface area contributed by atoms with Crippen molar-refractivity contribution < 1.29 is 13.2 Å². The Morgan fingerprint density at radius 3 is 2.43 bits per heavy atom. The number of halogens is 1. The van der Waals surface area contributed by atoms with E-state index in [4.69, 9.17) is 11.6 Å². The molecule has 1 aromatic heterocycles. The third-order valence-corrected chi connectivity index (χ3v) is 6.70. The van der Waals surface area contributed by atoms with Crippen LogP contribution in [0.1, 0.15) is 41.5 Å². The Hall–Kier alpha value is -2.70. The van der Waals surface area contributed by atoms with Crippen LogP contribution in [-0.2, 0) is 10.0 Å². The number of aromatic nitrogens is 1. The lowest BCUT2D eigenvalue weighted by Crippen LogP contribution is -2.33. The first-order valence-electron chi connectivity index (χ1n) is 9.70. The number of ketones is 1. The number of benzene rings is 2. The molecular weight excluding hydrogens is 420 g/mol. The van der Waals surface area contributed by atoms with Gasteiger partial charge < -0.3 is 0 Å². The van der Waals surface area contributed by atoms with Crippen LogP contribution in [0.25, 0.3) is 0 Å². The van der Waals surface area contributed by atoms with Crippen LogP contribution in [0.3, 0.4) is 0 Å². The van der Waals surface area contributed by atoms with Gasteiger partial charge in [-0.2, -0.15) is 0 Å². The molecule has 0 saturated carbocycles. The Balaban J connectivity index is 2.16. The molecule has 0 spiro atoms. The highest BCUT2D eigenvalue weighted by molar-refractivity contribution is 7.92. The van der Waals surface area contributed by atoms with Gasteiger partial charge >= 0.3 is 0 Å². The van der Waals surface area contributed by atoms with E-state index in [1.54, 1.807) is 67.6 Å². The smallest absolute Gasteiger partial charge is 0.264 e. The molecule has 7 heteroatoms. The van der Waals surface area contributed by atoms with Crippen LogP contribution in [-0.4, -0.2) is 25.7 Å². The molecule has 0 bridgehead atoms. The van der Waals surface area contributed by atoms with Gasteiger partial charge in [-0.05, 0) is 55.8 Å². The van der Waals surface area contributed by atoms with Gasteiger partial charge in [-0.25, -0.2) is 13.4 Å². The first-order valence-corrected chi connectivity index (χ1v) is 11.5. The van der Waals surface area contributed by atoms with E-state index < -0.39 is 10.0 Å². The molecule has 0 amide bonds. The Labute approximate surface area is 182 Å². The first kappa shape index (κ1) is 22.0. The van der Waals surface area contributed by atoms with Crippen LogP contribution in [0.2, 0.25) is 5.02 Å². The average Bonchev–Trinajstić information content (AvgIpc) is 2.74. The summed E-state index contributed by atoms with van der Waals surface area (Å²) in [6, 6.07) is 18.0. The first-order chi connectivity index (χ1) is 14.3. The van der Waals surface area contributed by atoms with Crippen LogP contribution >= 0.6 is 11.6 Å². The summed E-state index contributed by atoms with van der Waals surface area (Å²) in [6.45, 7) is 4.03. The van der Waals surface area contributed by atoms with Gasteiger partial charge in [0.2, 0.25) is 5.78 Å². The highest BCUT2D eigenvalue weighted by Gasteiger charge is 2.28. The van der Waals surface area contributed by atoms with Gasteiger partial charge in [0.1, 0.15) is 5.69 Å². The van der Waals surface area contributed by atoms with Crippen LogP contribution in [0, 0.1) is 6.92 Å². The van der Waals surface area contributed by atoms with E-state index >= 15 is 0 Å². The van der Waals surface area contributed by atoms with Crippen molar-refractivity contribution in [2.24, 2.45) is 0 Å². The van der Waals surface area contributed by atoms with E-state index in [0.717, 1.165) is 6.42 Å². The van der Waals surface area contributed by atoms with Crippen molar-refractivity contribution >= 4 is 33.1 Å². The third-order valence-electron chi connectivity index (χ3n) is 4.64. The molecule has 0 saturated heterocycles. The molecule has 0 aliphatic rings. The zero-order valence-corrected chi connectivity index (χ0v) is 18.4. The van der Waals surface area contributed by atoms with E-state index in [-0.39, 0.29) is 28.5 Å². The number of anilines is 1. The van der Waals surface area contributed by atoms with Crippen molar-refractivity contribution in [1.29, 1.82) is 0 Å². The highest BCUT2D eigenvalue weighted by atomic mass is 35.5. The predicted octanol–water partition coefficient (Wildman–Crippen LogP) is 5.27. The summed E-state index contributed by atoms with van der Waals surface area (Å²) in [6.07, 6.45) is 1.45. The fourth-order valence-corrected chi connectivity index (χ4v) is 4.82. The molecule has 1 heterocycles. The van der Waals surface area contributed by atoms with Gasteiger partial charge in [-0.15, -0.1) is 0 Å². The number of sulfonamides is 1. The van der Waals surface area contributed by atoms with Crippen molar-refractivity contribution in [3.05, 3.63) is 88.7 Å². The number of aryl methyl sites for hydroxylation is 1. The maximum absolute atomic E-state index is 13.5. The lowest BCUT2D eigenvalue weighted by atomic mass is 10.0. The summed E-state index contributed by atoms with van der Waals surface area (Å²) >= 11 is 6.18. The van der Waals surface area contributed by atoms with Gasteiger partial charge in [-0.3, -0.25) is 9.10 Å². The topological polar surface area (TPSA) is 67.3 Å². The molecule has 0 aliphatic heterocycles. The van der Waals surface area contributed by atoms with E-state index in [1.165, 1.54) is 10.4 Å². The number of hydrogen-bond donors (Lipinski definition) is 0. The van der Waals surface area contributed by atoms with Gasteiger partial charge in [0.15, 0.2) is 0 Å². The number of hydrogen-bond acceptors (Lipinski definition) is 4. The average molecular weight is 443 g/mol. The summed E-state index contributed by atoms with van der Waals surface area (Å²) < 4.78 is 28.2. The molecule has 30 heavy (non-hydrogen) atoms. The molecule has 3 aromatic rings. The summed E-state index contributed by atoms with van der Waals surface area (Å²) in [5.41, 5.74) is 1.44. The largest absolute Gasteiger partial charge is 0.287 e. The minimum Gasteiger partial charge on any atom is -0.287 e. The Bertz CT molecular complexity index is 1150. The van der Waals surface area contributed by atoms with Crippen molar-refractivity contribution in [1.82, 2.24) is 4.98 Å². The number of pyridine rings is 1. The molecule has 0 N–H and O–H groups in total. The molecule has 0 unspecified atom stereocenters. The molecule has 156 valence electrons. The van der Waals surface area contributed by atoms with Crippen LogP contribution in [0.15, 0.2) is 71.6 Å². The van der Waals surface area contributed by atoms with Gasteiger partial charge in [-0.1, -0.05) is 49.2 Å². The SMILES string of the molecule is CCCCN(c1ccc(Cl)cc1C(=O)c1cccc(C)n1)S(=O)(=O)c1ccccc1. The monoisotopic (exact) mass is 442 g/mol. The molecule has 0 radical (unpaired) electrons. The van der Waals surface area contributed by atoms with Gasteiger partial charge in [0, 0.05) is 17.3 Å². The van der Waals surface area contributed by atoms with Crippen molar-refractivity contribution in [3.8, 4) is 0 Å². The third kappa shape index (κ3) is 4.71. The quantitative estimate of drug-likeness (QED) is 0.445. The number of unbranched alkanes of at least 4 members (excludes halogenated alkanes) is 1. The van der Waals surface area contributed by atoms with Crippen molar-refractivity contribution in [3.63, 3.8) is 0 Å². The van der Waals surface area contributed by atoms with Crippen LogP contribution < -0.4 is 4.31 Å². The summed E-state index contributed by atoms with van der Waals surface area (Å²) in [7, 11) is -3.87. The lowest BCUT2D eigenvalue weighted by Gasteiger charge is -2.26. The maximum Gasteiger partial charge on any atom is 0.264 e. The van der Waals surface area contributed by atoms with Gasteiger partial charge in [0.05, 0.1) is 16.1 Å². The molecule has 0 aliphatic carbocycles. The van der Waals surface area contributed by atoms with E-state index in [1.807, 2.05) is 6.92 Å². The zero-order chi connectivity index (χ0) is 21.7. The normalized spacial score (nSPS) is 11.3. The maximum atomic E-state index is 13.5. The molecular formula is C23H23ClN2O3S. The van der Waals surface area contributed by atoms with E-state index in [2.05, 4.69) is 4.98 Å². The lowest BCUT2D eigenvalue weighted by molar-refractivity contribution is 0.103. The Kier molecular flexibility index (Phi) is 6.90. The number of rotatable bonds is 8. The van der Waals surface area contributed by atoms with Crippen LogP contribution in [0.5, 0.6) is 0 Å². The number of carbonyl (C=O) groups is 1. The fraction of sp³-hybridized carbons (Fsp3) is 0.217. The standard InChI is InChI=1S/C23H23ClN2O3S/c1-3-4-15-26(30(28,29)19-10-6-5-7-11-19)22-14-13-18(24)16-20(22)23(27)21-12-8-9-17(2)25-21/h5-14,16H,3-4,15H2,1-2H3. The number of carbonyl (C=O) groups excluding carboxylic acids is 1. The van der Waals surface area contributed by atoms with Crippen LogP contribution in [0.4, 0.5) is 5.69 Å². The summed E-state index contributed by atoms with van der Waals surface area (Å²) in [5.74, 6) is -0.374. The predicted molar refractivity (Wildman–Crippen MR) is 120 cm³/mol. The Morgan fingerprint density at radius 1 is 1.03 bits per heavy atom. The van der Waals surface area contributed by atoms with Crippen molar-refractivity contribution in [2.45, 2.75) is 31.6 Å². The summed E-state index contributed by atoms with van der Waals surface area (Å²) in [5, 5.41) is 0.349.